The van der Waals surface area contributed by atoms with Crippen LogP contribution in [0.5, 0.6) is 5.75 Å². The molecule has 0 atom stereocenters. The molecule has 3 rings (SSSR count). The molecule has 1 aliphatic rings. The van der Waals surface area contributed by atoms with E-state index in [9.17, 15) is 4.79 Å². The van der Waals surface area contributed by atoms with Gasteiger partial charge in [-0.3, -0.25) is 9.89 Å². The second-order valence-corrected chi connectivity index (χ2v) is 5.15. The summed E-state index contributed by atoms with van der Waals surface area (Å²) in [6.07, 6.45) is 4.20. The molecule has 0 bridgehead atoms. The van der Waals surface area contributed by atoms with Gasteiger partial charge in [-0.25, -0.2) is 0 Å². The average Bonchev–Trinajstić information content (AvgIpc) is 2.93. The van der Waals surface area contributed by atoms with Crippen molar-refractivity contribution in [3.63, 3.8) is 0 Å². The minimum absolute atomic E-state index is 0.154. The van der Waals surface area contributed by atoms with Gasteiger partial charge in [0, 0.05) is 16.9 Å². The number of aryl methyl sites for hydroxylation is 1. The third kappa shape index (κ3) is 2.91. The van der Waals surface area contributed by atoms with Crippen molar-refractivity contribution in [2.75, 3.05) is 11.9 Å². The minimum atomic E-state index is -0.154. The van der Waals surface area contributed by atoms with E-state index in [0.717, 1.165) is 48.4 Å². The van der Waals surface area contributed by atoms with Crippen LogP contribution in [-0.4, -0.2) is 22.7 Å². The van der Waals surface area contributed by atoms with E-state index in [1.807, 2.05) is 31.2 Å². The molecule has 1 aliphatic carbocycles. The fraction of sp³-hybridized carbons (Fsp3) is 0.375. The number of rotatable bonds is 4. The number of anilines is 1. The molecule has 1 aromatic carbocycles. The highest BCUT2D eigenvalue weighted by Crippen LogP contribution is 2.23. The second-order valence-electron chi connectivity index (χ2n) is 5.15. The normalized spacial score (nSPS) is 13.6. The molecule has 5 heteroatoms. The van der Waals surface area contributed by atoms with Crippen LogP contribution in [0.15, 0.2) is 24.3 Å². The first-order chi connectivity index (χ1) is 10.3. The molecule has 0 spiro atoms. The number of aromatic amines is 1. The summed E-state index contributed by atoms with van der Waals surface area (Å²) in [6, 6.07) is 7.36. The van der Waals surface area contributed by atoms with Crippen molar-refractivity contribution in [1.82, 2.24) is 10.2 Å². The van der Waals surface area contributed by atoms with Crippen molar-refractivity contribution < 1.29 is 9.53 Å². The molecule has 0 radical (unpaired) electrons. The van der Waals surface area contributed by atoms with Crippen molar-refractivity contribution in [3.8, 4) is 5.75 Å². The molecule has 2 N–H and O–H groups in total. The first-order valence-corrected chi connectivity index (χ1v) is 7.38. The van der Waals surface area contributed by atoms with Gasteiger partial charge in [0.15, 0.2) is 5.69 Å². The van der Waals surface area contributed by atoms with Crippen molar-refractivity contribution in [3.05, 3.63) is 41.2 Å². The van der Waals surface area contributed by atoms with Gasteiger partial charge in [-0.05, 0) is 56.9 Å². The standard InChI is InChI=1S/C16H19N3O2/c1-2-21-12-9-7-11(8-10-12)17-16(20)15-13-5-3-4-6-14(13)18-19-15/h7-10H,2-6H2,1H3,(H,17,20)(H,18,19). The van der Waals surface area contributed by atoms with Crippen LogP contribution in [0.1, 0.15) is 41.5 Å². The number of fused-ring (bicyclic) bond motifs is 1. The molecule has 21 heavy (non-hydrogen) atoms. The number of nitrogens with one attached hydrogen (secondary N) is 2. The van der Waals surface area contributed by atoms with E-state index in [2.05, 4.69) is 15.5 Å². The summed E-state index contributed by atoms with van der Waals surface area (Å²) in [5.41, 5.74) is 3.46. The Morgan fingerprint density at radius 1 is 1.29 bits per heavy atom. The summed E-state index contributed by atoms with van der Waals surface area (Å²) in [5.74, 6) is 0.645. The van der Waals surface area contributed by atoms with E-state index in [1.165, 1.54) is 0 Å². The molecule has 1 heterocycles. The second kappa shape index (κ2) is 5.99. The smallest absolute Gasteiger partial charge is 0.276 e. The molecule has 0 aliphatic heterocycles. The Hall–Kier alpha value is -2.30. The lowest BCUT2D eigenvalue weighted by atomic mass is 9.96. The molecule has 2 aromatic rings. The van der Waals surface area contributed by atoms with Crippen LogP contribution >= 0.6 is 0 Å². The van der Waals surface area contributed by atoms with Crippen LogP contribution in [0.2, 0.25) is 0 Å². The number of benzene rings is 1. The molecule has 0 fully saturated rings. The molecule has 0 unspecified atom stereocenters. The maximum absolute atomic E-state index is 12.3. The third-order valence-corrected chi connectivity index (χ3v) is 3.69. The lowest BCUT2D eigenvalue weighted by Crippen LogP contribution is -2.15. The highest BCUT2D eigenvalue weighted by molar-refractivity contribution is 6.04. The monoisotopic (exact) mass is 285 g/mol. The highest BCUT2D eigenvalue weighted by atomic mass is 16.5. The van der Waals surface area contributed by atoms with Gasteiger partial charge in [0.2, 0.25) is 0 Å². The number of carbonyl (C=O) groups is 1. The predicted molar refractivity (Wildman–Crippen MR) is 80.8 cm³/mol. The van der Waals surface area contributed by atoms with E-state index < -0.39 is 0 Å². The Morgan fingerprint density at radius 3 is 2.81 bits per heavy atom. The predicted octanol–water partition coefficient (Wildman–Crippen LogP) is 2.94. The largest absolute Gasteiger partial charge is 0.494 e. The Kier molecular flexibility index (Phi) is 3.90. The number of hydrogen-bond donors (Lipinski definition) is 2. The number of nitrogens with zero attached hydrogens (tertiary/aromatic N) is 1. The van der Waals surface area contributed by atoms with E-state index in [1.54, 1.807) is 0 Å². The minimum Gasteiger partial charge on any atom is -0.494 e. The SMILES string of the molecule is CCOc1ccc(NC(=O)c2n[nH]c3c2CCCC3)cc1. The molecule has 5 nitrogen and oxygen atoms in total. The topological polar surface area (TPSA) is 67.0 Å². The molecule has 0 saturated carbocycles. The lowest BCUT2D eigenvalue weighted by molar-refractivity contribution is 0.102. The van der Waals surface area contributed by atoms with Crippen molar-refractivity contribution in [2.45, 2.75) is 32.6 Å². The number of hydrogen-bond acceptors (Lipinski definition) is 3. The van der Waals surface area contributed by atoms with Crippen molar-refractivity contribution in [2.24, 2.45) is 0 Å². The van der Waals surface area contributed by atoms with Gasteiger partial charge in [-0.15, -0.1) is 0 Å². The Labute approximate surface area is 123 Å². The van der Waals surface area contributed by atoms with Gasteiger partial charge in [0.1, 0.15) is 5.75 Å². The summed E-state index contributed by atoms with van der Waals surface area (Å²) in [4.78, 5) is 12.3. The fourth-order valence-corrected chi connectivity index (χ4v) is 2.66. The number of carbonyl (C=O) groups excluding carboxylic acids is 1. The number of H-pyrrole nitrogens is 1. The number of amides is 1. The average molecular weight is 285 g/mol. The zero-order chi connectivity index (χ0) is 14.7. The molecule has 0 saturated heterocycles. The van der Waals surface area contributed by atoms with Gasteiger partial charge in [-0.1, -0.05) is 0 Å². The van der Waals surface area contributed by atoms with Gasteiger partial charge in [-0.2, -0.15) is 5.10 Å². The molecular weight excluding hydrogens is 266 g/mol. The molecule has 110 valence electrons. The lowest BCUT2D eigenvalue weighted by Gasteiger charge is -2.11. The highest BCUT2D eigenvalue weighted by Gasteiger charge is 2.21. The van der Waals surface area contributed by atoms with Gasteiger partial charge in [0.25, 0.3) is 5.91 Å². The maximum Gasteiger partial charge on any atom is 0.276 e. The summed E-state index contributed by atoms with van der Waals surface area (Å²) >= 11 is 0. The third-order valence-electron chi connectivity index (χ3n) is 3.69. The molecular formula is C16H19N3O2. The van der Waals surface area contributed by atoms with Gasteiger partial charge in [0.05, 0.1) is 6.61 Å². The fourth-order valence-electron chi connectivity index (χ4n) is 2.66. The van der Waals surface area contributed by atoms with E-state index >= 15 is 0 Å². The van der Waals surface area contributed by atoms with Gasteiger partial charge < -0.3 is 10.1 Å². The number of aromatic nitrogens is 2. The zero-order valence-electron chi connectivity index (χ0n) is 12.1. The van der Waals surface area contributed by atoms with Crippen molar-refractivity contribution >= 4 is 11.6 Å². The number of ether oxygens (including phenoxy) is 1. The van der Waals surface area contributed by atoms with Crippen LogP contribution < -0.4 is 10.1 Å². The van der Waals surface area contributed by atoms with Crippen LogP contribution in [0, 0.1) is 0 Å². The van der Waals surface area contributed by atoms with Crippen LogP contribution in [0.25, 0.3) is 0 Å². The Bertz CT molecular complexity index is 631. The zero-order valence-corrected chi connectivity index (χ0v) is 12.1. The van der Waals surface area contributed by atoms with Crippen LogP contribution in [-0.2, 0) is 12.8 Å². The van der Waals surface area contributed by atoms with Crippen LogP contribution in [0.4, 0.5) is 5.69 Å². The molecule has 1 amide bonds. The van der Waals surface area contributed by atoms with E-state index in [4.69, 9.17) is 4.74 Å². The Morgan fingerprint density at radius 2 is 2.05 bits per heavy atom. The Balaban J connectivity index is 1.72. The van der Waals surface area contributed by atoms with E-state index in [-0.39, 0.29) is 5.91 Å². The first-order valence-electron chi connectivity index (χ1n) is 7.38. The van der Waals surface area contributed by atoms with Crippen molar-refractivity contribution in [1.29, 1.82) is 0 Å². The van der Waals surface area contributed by atoms with E-state index in [0.29, 0.717) is 12.3 Å². The first kappa shape index (κ1) is 13.7. The summed E-state index contributed by atoms with van der Waals surface area (Å²) in [7, 11) is 0. The maximum atomic E-state index is 12.3. The van der Waals surface area contributed by atoms with Gasteiger partial charge >= 0.3 is 0 Å². The summed E-state index contributed by atoms with van der Waals surface area (Å²) in [5, 5.41) is 10.1. The quantitative estimate of drug-likeness (QED) is 0.907. The van der Waals surface area contributed by atoms with Crippen LogP contribution in [0.3, 0.4) is 0 Å². The molecule has 1 aromatic heterocycles. The summed E-state index contributed by atoms with van der Waals surface area (Å²) in [6.45, 7) is 2.57. The summed E-state index contributed by atoms with van der Waals surface area (Å²) < 4.78 is 5.38.